The molecular weight excluding hydrogens is 126 g/mol. The van der Waals surface area contributed by atoms with Gasteiger partial charge in [0, 0.05) is 5.22 Å². The van der Waals surface area contributed by atoms with Gasteiger partial charge in [0.15, 0.2) is 0 Å². The third kappa shape index (κ3) is 0.778. The lowest BCUT2D eigenvalue weighted by atomic mass is 10.3. The molecule has 2 rings (SSSR count). The molecule has 0 unspecified atom stereocenters. The van der Waals surface area contributed by atoms with E-state index in [2.05, 4.69) is 4.99 Å². The molecule has 0 saturated heterocycles. The van der Waals surface area contributed by atoms with Crippen LogP contribution in [0.25, 0.3) is 6.26 Å². The number of nitrogens with zero attached hydrogens (tertiary/aromatic N) is 1. The minimum absolute atomic E-state index is 0.966. The summed E-state index contributed by atoms with van der Waals surface area (Å²) in [6, 6.07) is 7.82. The maximum absolute atomic E-state index is 4.88. The van der Waals surface area contributed by atoms with Crippen molar-refractivity contribution >= 4 is 6.26 Å². The zero-order valence-corrected chi connectivity index (χ0v) is 5.32. The number of fused-ring (bicyclic) bond motifs is 1. The molecule has 0 N–H and O–H groups in total. The SMILES string of the molecule is [CH]1N=c2ccccc2=CO1. The number of ether oxygens (including phenoxy) is 1. The van der Waals surface area contributed by atoms with Crippen molar-refractivity contribution in [2.45, 2.75) is 0 Å². The van der Waals surface area contributed by atoms with Gasteiger partial charge in [-0.1, -0.05) is 12.1 Å². The molecule has 1 aromatic carbocycles. The van der Waals surface area contributed by atoms with Crippen LogP contribution in [0, 0.1) is 6.73 Å². The summed E-state index contributed by atoms with van der Waals surface area (Å²) < 4.78 is 4.88. The summed E-state index contributed by atoms with van der Waals surface area (Å²) in [7, 11) is 0. The molecule has 0 saturated carbocycles. The van der Waals surface area contributed by atoms with Crippen LogP contribution in [-0.4, -0.2) is 0 Å². The van der Waals surface area contributed by atoms with E-state index >= 15 is 0 Å². The quantitative estimate of drug-likeness (QED) is 0.494. The average molecular weight is 132 g/mol. The maximum Gasteiger partial charge on any atom is 0.246 e. The summed E-state index contributed by atoms with van der Waals surface area (Å²) in [5.41, 5.74) is 0. The fourth-order valence-electron chi connectivity index (χ4n) is 0.896. The Bertz CT molecular complexity index is 308. The van der Waals surface area contributed by atoms with E-state index in [1.807, 2.05) is 24.3 Å². The molecule has 2 heteroatoms. The minimum Gasteiger partial charge on any atom is -0.469 e. The first-order chi connectivity index (χ1) is 4.97. The summed E-state index contributed by atoms with van der Waals surface area (Å²) in [6.07, 6.45) is 1.68. The molecule has 1 heterocycles. The molecule has 10 heavy (non-hydrogen) atoms. The van der Waals surface area contributed by atoms with Gasteiger partial charge in [0.2, 0.25) is 6.73 Å². The molecule has 1 aliphatic rings. The molecule has 1 radical (unpaired) electrons. The average Bonchev–Trinajstić information content (AvgIpc) is 2.05. The van der Waals surface area contributed by atoms with E-state index in [0.29, 0.717) is 0 Å². The van der Waals surface area contributed by atoms with Crippen molar-refractivity contribution in [3.63, 3.8) is 0 Å². The highest BCUT2D eigenvalue weighted by Gasteiger charge is 1.90. The van der Waals surface area contributed by atoms with E-state index < -0.39 is 0 Å². The largest absolute Gasteiger partial charge is 0.469 e. The van der Waals surface area contributed by atoms with Crippen molar-refractivity contribution in [1.29, 1.82) is 0 Å². The third-order valence-electron chi connectivity index (χ3n) is 1.38. The number of rotatable bonds is 0. The Balaban J connectivity index is 2.84. The Morgan fingerprint density at radius 3 is 3.00 bits per heavy atom. The zero-order chi connectivity index (χ0) is 6.81. The first kappa shape index (κ1) is 5.47. The van der Waals surface area contributed by atoms with Gasteiger partial charge in [0.25, 0.3) is 0 Å². The van der Waals surface area contributed by atoms with Crippen LogP contribution in [0.15, 0.2) is 29.3 Å². The molecule has 0 fully saturated rings. The standard InChI is InChI=1S/C8H6NO/c1-2-4-8-7(3-1)5-10-6-9-8/h1-6H. The van der Waals surface area contributed by atoms with Crippen LogP contribution in [0.2, 0.25) is 0 Å². The Morgan fingerprint density at radius 2 is 2.10 bits per heavy atom. The summed E-state index contributed by atoms with van der Waals surface area (Å²) in [5.74, 6) is 0. The highest BCUT2D eigenvalue weighted by Crippen LogP contribution is 1.86. The number of hydrogen-bond donors (Lipinski definition) is 0. The molecule has 49 valence electrons. The van der Waals surface area contributed by atoms with Crippen LogP contribution in [0.5, 0.6) is 0 Å². The second kappa shape index (κ2) is 2.14. The fourth-order valence-corrected chi connectivity index (χ4v) is 0.896. The number of hydrogen-bond acceptors (Lipinski definition) is 2. The van der Waals surface area contributed by atoms with Gasteiger partial charge in [-0.05, 0) is 12.1 Å². The smallest absolute Gasteiger partial charge is 0.246 e. The lowest BCUT2D eigenvalue weighted by Crippen LogP contribution is -2.26. The van der Waals surface area contributed by atoms with Crippen molar-refractivity contribution in [3.8, 4) is 0 Å². The summed E-state index contributed by atoms with van der Waals surface area (Å²) in [4.78, 5) is 4.01. The monoisotopic (exact) mass is 132 g/mol. The van der Waals surface area contributed by atoms with Crippen LogP contribution in [0.4, 0.5) is 0 Å². The molecule has 0 spiro atoms. The highest BCUT2D eigenvalue weighted by molar-refractivity contribution is 5.18. The van der Waals surface area contributed by atoms with Gasteiger partial charge in [-0.15, -0.1) is 0 Å². The number of para-hydroxylation sites is 1. The summed E-state index contributed by atoms with van der Waals surface area (Å²) in [5, 5.41) is 2.00. The van der Waals surface area contributed by atoms with Crippen LogP contribution < -0.4 is 10.6 Å². The van der Waals surface area contributed by atoms with E-state index in [1.165, 1.54) is 6.73 Å². The molecule has 0 atom stereocenters. The lowest BCUT2D eigenvalue weighted by Gasteiger charge is -1.98. The van der Waals surface area contributed by atoms with Crippen molar-refractivity contribution in [2.24, 2.45) is 4.99 Å². The van der Waals surface area contributed by atoms with Crippen LogP contribution in [-0.2, 0) is 4.74 Å². The highest BCUT2D eigenvalue weighted by atomic mass is 16.5. The Kier molecular flexibility index (Phi) is 1.17. The van der Waals surface area contributed by atoms with Gasteiger partial charge < -0.3 is 4.74 Å². The van der Waals surface area contributed by atoms with Crippen LogP contribution >= 0.6 is 0 Å². The molecule has 2 nitrogen and oxygen atoms in total. The normalized spacial score (nSPS) is 14.0. The third-order valence-corrected chi connectivity index (χ3v) is 1.38. The van der Waals surface area contributed by atoms with E-state index in [-0.39, 0.29) is 0 Å². The topological polar surface area (TPSA) is 21.6 Å². The first-order valence-electron chi connectivity index (χ1n) is 3.07. The fraction of sp³-hybridized carbons (Fsp3) is 0. The van der Waals surface area contributed by atoms with Crippen LogP contribution in [0.1, 0.15) is 0 Å². The predicted octanol–water partition coefficient (Wildman–Crippen LogP) is 0.194. The zero-order valence-electron chi connectivity index (χ0n) is 5.32. The van der Waals surface area contributed by atoms with Crippen molar-refractivity contribution in [1.82, 2.24) is 0 Å². The minimum atomic E-state index is 0.966. The molecule has 0 aromatic heterocycles. The second-order valence-electron chi connectivity index (χ2n) is 2.05. The molecule has 0 amide bonds. The number of benzene rings is 1. The Hall–Kier alpha value is -1.31. The molecular formula is C8H6NO. The van der Waals surface area contributed by atoms with Gasteiger partial charge in [-0.3, -0.25) is 0 Å². The Labute approximate surface area is 58.5 Å². The van der Waals surface area contributed by atoms with Gasteiger partial charge in [0.1, 0.15) is 0 Å². The molecule has 0 bridgehead atoms. The van der Waals surface area contributed by atoms with Gasteiger partial charge in [0.05, 0.1) is 11.6 Å². The lowest BCUT2D eigenvalue weighted by molar-refractivity contribution is 0.376. The Morgan fingerprint density at radius 1 is 1.20 bits per heavy atom. The van der Waals surface area contributed by atoms with Crippen molar-refractivity contribution < 1.29 is 4.74 Å². The van der Waals surface area contributed by atoms with Gasteiger partial charge in [-0.25, -0.2) is 4.99 Å². The molecule has 1 aliphatic heterocycles. The van der Waals surface area contributed by atoms with Crippen LogP contribution in [0.3, 0.4) is 0 Å². The summed E-state index contributed by atoms with van der Waals surface area (Å²) >= 11 is 0. The van der Waals surface area contributed by atoms with Gasteiger partial charge >= 0.3 is 0 Å². The summed E-state index contributed by atoms with van der Waals surface area (Å²) in [6.45, 7) is 1.43. The predicted molar refractivity (Wildman–Crippen MR) is 37.1 cm³/mol. The van der Waals surface area contributed by atoms with E-state index in [9.17, 15) is 0 Å². The van der Waals surface area contributed by atoms with Crippen molar-refractivity contribution in [2.75, 3.05) is 0 Å². The van der Waals surface area contributed by atoms with Gasteiger partial charge in [-0.2, -0.15) is 0 Å². The van der Waals surface area contributed by atoms with Crippen molar-refractivity contribution in [3.05, 3.63) is 41.6 Å². The first-order valence-corrected chi connectivity index (χ1v) is 3.07. The van der Waals surface area contributed by atoms with E-state index in [4.69, 9.17) is 4.74 Å². The second-order valence-corrected chi connectivity index (χ2v) is 2.05. The van der Waals surface area contributed by atoms with E-state index in [1.54, 1.807) is 6.26 Å². The molecule has 0 aliphatic carbocycles. The maximum atomic E-state index is 4.88. The van der Waals surface area contributed by atoms with E-state index in [0.717, 1.165) is 10.6 Å². The molecule has 1 aromatic rings.